The SMILES string of the molecule is NC(NC(/N=C/C1CC=CC=C1C1=CCCCC1)C1CCCC(c2cccc(-c3cccc(C4=CC=CC(C5N=C(C6CC=CCC6C6C=CCCC6)NC(C6=CCCC=C6C6=CC=CCC6)N5)C4)c3)c2)C1)C1=CC=CCC1C1C=CC=CC1. The van der Waals surface area contributed by atoms with Gasteiger partial charge in [0, 0.05) is 24.0 Å². The van der Waals surface area contributed by atoms with Crippen molar-refractivity contribution in [2.24, 2.45) is 63.1 Å². The lowest BCUT2D eigenvalue weighted by Gasteiger charge is -2.42. The Kier molecular flexibility index (Phi) is 18.4. The van der Waals surface area contributed by atoms with Crippen LogP contribution in [0.2, 0.25) is 0 Å². The molecule has 0 saturated heterocycles. The molecular weight excluding hydrogens is 1020 g/mol. The number of benzene rings is 2. The molecule has 0 bridgehead atoms. The monoisotopic (exact) mass is 1110 g/mol. The molecule has 2 aromatic carbocycles. The number of nitrogens with one attached hydrogen (secondary N) is 3. The van der Waals surface area contributed by atoms with Gasteiger partial charge in [-0.3, -0.25) is 20.6 Å². The molecule has 0 aromatic heterocycles. The van der Waals surface area contributed by atoms with Crippen LogP contribution < -0.4 is 21.7 Å². The van der Waals surface area contributed by atoms with Gasteiger partial charge in [0.1, 0.15) is 24.3 Å². The van der Waals surface area contributed by atoms with E-state index in [2.05, 4.69) is 210 Å². The third-order valence-corrected chi connectivity index (χ3v) is 20.8. The van der Waals surface area contributed by atoms with Crippen LogP contribution in [0.5, 0.6) is 0 Å². The second-order valence-electron chi connectivity index (χ2n) is 26.1. The van der Waals surface area contributed by atoms with Crippen molar-refractivity contribution in [2.45, 2.75) is 165 Å². The van der Waals surface area contributed by atoms with Gasteiger partial charge in [-0.05, 0) is 231 Å². The predicted molar refractivity (Wildman–Crippen MR) is 354 cm³/mol. The Labute approximate surface area is 503 Å². The van der Waals surface area contributed by atoms with Gasteiger partial charge in [-0.1, -0.05) is 189 Å². The number of rotatable bonds is 16. The molecule has 13 unspecified atom stereocenters. The van der Waals surface area contributed by atoms with E-state index in [1.54, 1.807) is 0 Å². The van der Waals surface area contributed by atoms with Crippen LogP contribution in [0.1, 0.15) is 152 Å². The van der Waals surface area contributed by atoms with E-state index in [0.717, 1.165) is 77.0 Å². The molecule has 1 saturated carbocycles. The lowest BCUT2D eigenvalue weighted by Crippen LogP contribution is -2.59. The van der Waals surface area contributed by atoms with Gasteiger partial charge in [0.15, 0.2) is 0 Å². The van der Waals surface area contributed by atoms with Crippen molar-refractivity contribution in [2.75, 3.05) is 0 Å². The Hall–Kier alpha value is -6.44. The van der Waals surface area contributed by atoms with Gasteiger partial charge in [-0.15, -0.1) is 0 Å². The minimum atomic E-state index is -0.273. The maximum absolute atomic E-state index is 7.38. The summed E-state index contributed by atoms with van der Waals surface area (Å²) in [5, 5.41) is 12.3. The summed E-state index contributed by atoms with van der Waals surface area (Å²) in [5.41, 5.74) is 22.7. The third kappa shape index (κ3) is 13.2. The van der Waals surface area contributed by atoms with Gasteiger partial charge < -0.3 is 11.1 Å². The normalized spacial score (nSPS) is 32.1. The van der Waals surface area contributed by atoms with Crippen LogP contribution in [0, 0.1) is 47.3 Å². The zero-order valence-corrected chi connectivity index (χ0v) is 49.8. The van der Waals surface area contributed by atoms with E-state index in [9.17, 15) is 0 Å². The fourth-order valence-corrected chi connectivity index (χ4v) is 16.3. The second-order valence-corrected chi connectivity index (χ2v) is 26.1. The van der Waals surface area contributed by atoms with Gasteiger partial charge >= 0.3 is 0 Å². The van der Waals surface area contributed by atoms with Crippen LogP contribution in [-0.4, -0.2) is 36.7 Å². The molecule has 11 aliphatic rings. The Bertz CT molecular complexity index is 3260. The number of amidine groups is 1. The minimum Gasteiger partial charge on any atom is -0.354 e. The molecule has 2 aromatic rings. The predicted octanol–water partition coefficient (Wildman–Crippen LogP) is 17.6. The molecule has 0 amide bonds. The van der Waals surface area contributed by atoms with Gasteiger partial charge in [0.25, 0.3) is 0 Å². The molecule has 6 heteroatoms. The molecule has 6 nitrogen and oxygen atoms in total. The van der Waals surface area contributed by atoms with E-state index < -0.39 is 0 Å². The summed E-state index contributed by atoms with van der Waals surface area (Å²) >= 11 is 0. The van der Waals surface area contributed by atoms with Crippen molar-refractivity contribution in [1.82, 2.24) is 16.0 Å². The average molecular weight is 1110 g/mol. The fourth-order valence-electron chi connectivity index (χ4n) is 16.3. The molecule has 0 spiro atoms. The lowest BCUT2D eigenvalue weighted by molar-refractivity contribution is 0.239. The number of hydrogen-bond acceptors (Lipinski definition) is 6. The molecule has 0 radical (unpaired) electrons. The first-order valence-corrected chi connectivity index (χ1v) is 33.1. The van der Waals surface area contributed by atoms with Crippen LogP contribution in [0.4, 0.5) is 0 Å². The first kappa shape index (κ1) is 56.7. The molecule has 434 valence electrons. The summed E-state index contributed by atoms with van der Waals surface area (Å²) in [5.74, 6) is 4.89. The fraction of sp³-hybridized carbons (Fsp3) is 0.436. The molecule has 84 heavy (non-hydrogen) atoms. The first-order chi connectivity index (χ1) is 41.6. The lowest BCUT2D eigenvalue weighted by atomic mass is 9.71. The van der Waals surface area contributed by atoms with Gasteiger partial charge in [-0.2, -0.15) is 0 Å². The highest BCUT2D eigenvalue weighted by Crippen LogP contribution is 2.44. The van der Waals surface area contributed by atoms with Crippen LogP contribution >= 0.6 is 0 Å². The highest BCUT2D eigenvalue weighted by molar-refractivity contribution is 5.87. The smallest absolute Gasteiger partial charge is 0.110 e. The Balaban J connectivity index is 0.738. The number of nitrogens with zero attached hydrogens (tertiary/aromatic N) is 2. The topological polar surface area (TPSA) is 86.8 Å². The third-order valence-electron chi connectivity index (χ3n) is 20.8. The van der Waals surface area contributed by atoms with Gasteiger partial charge in [0.05, 0.1) is 6.17 Å². The first-order valence-electron chi connectivity index (χ1n) is 33.1. The van der Waals surface area contributed by atoms with E-state index in [-0.39, 0.29) is 36.5 Å². The zero-order chi connectivity index (χ0) is 56.4. The van der Waals surface area contributed by atoms with Crippen molar-refractivity contribution < 1.29 is 0 Å². The van der Waals surface area contributed by atoms with Gasteiger partial charge in [-0.25, -0.2) is 0 Å². The Morgan fingerprint density at radius 1 is 0.595 bits per heavy atom. The molecule has 13 rings (SSSR count). The van der Waals surface area contributed by atoms with Crippen LogP contribution in [-0.2, 0) is 0 Å². The van der Waals surface area contributed by atoms with Crippen molar-refractivity contribution >= 4 is 17.6 Å². The largest absolute Gasteiger partial charge is 0.354 e. The maximum Gasteiger partial charge on any atom is 0.110 e. The van der Waals surface area contributed by atoms with Crippen LogP contribution in [0.25, 0.3) is 16.7 Å². The minimum absolute atomic E-state index is 0.0000763. The van der Waals surface area contributed by atoms with Crippen molar-refractivity contribution in [3.8, 4) is 11.1 Å². The summed E-state index contributed by atoms with van der Waals surface area (Å²) in [4.78, 5) is 11.4. The highest BCUT2D eigenvalue weighted by Gasteiger charge is 2.40. The van der Waals surface area contributed by atoms with E-state index in [1.165, 1.54) is 125 Å². The van der Waals surface area contributed by atoms with Crippen LogP contribution in [0.15, 0.2) is 232 Å². The van der Waals surface area contributed by atoms with Crippen molar-refractivity contribution in [1.29, 1.82) is 0 Å². The standard InChI is InChI=1S/C78H92N6/c79-74(71-46-18-15-43-68(71)55-27-7-2-8-28-55)81-75(80-53-66-33-13-14-42-67(66)54-25-5-1-6-26-54)64-40-23-38-62(51-64)60-36-21-34-58(49-60)59-35-22-37-61(50-59)63-39-24-41-65(52-63)76-82-77(72-47-19-16-44-69(72)56-29-9-3-10-30-56)84-78(83-76)73-48-20-17-45-70(73)57-31-11-4-12-32-57/h2-3,7-9,11,13-15,17-18,20-22,24-25,27,29,31,34-37,39,41-42,44,46-47,49-50,53,55,57,62,64-66,68,70,73-77,81-82H,1,4-6,10,12,16,19,23,26,28,30,32-33,38,40,43,45,48,51-52,79H2,(H,83,84)/b80-53+. The van der Waals surface area contributed by atoms with Gasteiger partial charge in [0.2, 0.25) is 0 Å². The molecule has 5 N–H and O–H groups in total. The highest BCUT2D eigenvalue weighted by atomic mass is 15.3. The van der Waals surface area contributed by atoms with E-state index in [4.69, 9.17) is 15.7 Å². The number of hydrogen-bond donors (Lipinski definition) is 4. The van der Waals surface area contributed by atoms with Crippen molar-refractivity contribution in [3.05, 3.63) is 233 Å². The maximum atomic E-state index is 7.38. The van der Waals surface area contributed by atoms with E-state index >= 15 is 0 Å². The summed E-state index contributed by atoms with van der Waals surface area (Å²) in [6.07, 6.45) is 80.1. The Morgan fingerprint density at radius 2 is 1.43 bits per heavy atom. The zero-order valence-electron chi connectivity index (χ0n) is 49.8. The summed E-state index contributed by atoms with van der Waals surface area (Å²) in [7, 11) is 0. The summed E-state index contributed by atoms with van der Waals surface area (Å²) in [6, 6.07) is 18.9. The molecule has 1 fully saturated rings. The molecule has 1 aliphatic heterocycles. The number of aliphatic imine (C=N–C) groups is 2. The average Bonchev–Trinajstić information content (AvgIpc) is 3.76. The number of nitrogens with two attached hydrogens (primary N) is 1. The Morgan fingerprint density at radius 3 is 2.31 bits per heavy atom. The summed E-state index contributed by atoms with van der Waals surface area (Å²) in [6.45, 7) is 0. The van der Waals surface area contributed by atoms with E-state index in [1.807, 2.05) is 0 Å². The summed E-state index contributed by atoms with van der Waals surface area (Å²) < 4.78 is 0. The molecule has 13 atom stereocenters. The number of allylic oxidation sites excluding steroid dienone is 26. The molecular formula is C78H92N6. The van der Waals surface area contributed by atoms with E-state index in [0.29, 0.717) is 41.4 Å². The molecule has 10 aliphatic carbocycles. The van der Waals surface area contributed by atoms with Crippen LogP contribution in [0.3, 0.4) is 0 Å². The van der Waals surface area contributed by atoms with Crippen molar-refractivity contribution in [3.63, 3.8) is 0 Å². The quantitative estimate of drug-likeness (QED) is 0.0766. The molecule has 1 heterocycles. The second kappa shape index (κ2) is 27.3.